The van der Waals surface area contributed by atoms with Crippen LogP contribution in [-0.4, -0.2) is 51.7 Å². The minimum absolute atomic E-state index is 0.213. The Kier molecular flexibility index (Phi) is 4.31. The molecule has 5 nitrogen and oxygen atoms in total. The lowest BCUT2D eigenvalue weighted by molar-refractivity contribution is -0.136. The number of nitrogens with zero attached hydrogens (tertiary/aromatic N) is 4. The Labute approximate surface area is 124 Å². The summed E-state index contributed by atoms with van der Waals surface area (Å²) in [7, 11) is 0. The number of amides is 1. The first-order chi connectivity index (χ1) is 10.3. The van der Waals surface area contributed by atoms with Crippen molar-refractivity contribution in [3.8, 4) is 0 Å². The zero-order valence-electron chi connectivity index (χ0n) is 12.1. The van der Waals surface area contributed by atoms with E-state index < -0.39 is 0 Å². The quantitative estimate of drug-likeness (QED) is 0.829. The summed E-state index contributed by atoms with van der Waals surface area (Å²) in [5.41, 5.74) is 1.19. The van der Waals surface area contributed by atoms with Crippen LogP contribution in [0.2, 0.25) is 0 Å². The number of aromatic nitrogens is 2. The molecule has 1 saturated heterocycles. The fourth-order valence-electron chi connectivity index (χ4n) is 2.60. The van der Waals surface area contributed by atoms with Crippen molar-refractivity contribution in [2.45, 2.75) is 13.1 Å². The van der Waals surface area contributed by atoms with Crippen LogP contribution in [0.15, 0.2) is 48.8 Å². The molecule has 0 bridgehead atoms. The van der Waals surface area contributed by atoms with Gasteiger partial charge in [-0.15, -0.1) is 0 Å². The Morgan fingerprint density at radius 2 is 1.90 bits per heavy atom. The molecule has 1 aliphatic heterocycles. The van der Waals surface area contributed by atoms with Crippen molar-refractivity contribution < 1.29 is 4.79 Å². The van der Waals surface area contributed by atoms with Crippen molar-refractivity contribution in [3.05, 3.63) is 54.4 Å². The molecule has 2 heterocycles. The van der Waals surface area contributed by atoms with Gasteiger partial charge in [-0.2, -0.15) is 5.10 Å². The highest BCUT2D eigenvalue weighted by molar-refractivity contribution is 5.79. The summed E-state index contributed by atoms with van der Waals surface area (Å²) >= 11 is 0. The van der Waals surface area contributed by atoms with Gasteiger partial charge in [0.25, 0.3) is 0 Å². The number of hydrogen-bond donors (Lipinski definition) is 0. The van der Waals surface area contributed by atoms with Crippen LogP contribution in [0.4, 0.5) is 0 Å². The van der Waals surface area contributed by atoms with Gasteiger partial charge in [-0.05, 0) is 11.6 Å². The first kappa shape index (κ1) is 13.8. The third-order valence-corrected chi connectivity index (χ3v) is 3.82. The molecule has 0 spiro atoms. The van der Waals surface area contributed by atoms with E-state index in [4.69, 9.17) is 0 Å². The second-order valence-corrected chi connectivity index (χ2v) is 5.35. The Morgan fingerprint density at radius 1 is 1.05 bits per heavy atom. The number of piperazine rings is 1. The minimum atomic E-state index is 0.213. The van der Waals surface area contributed by atoms with Crippen molar-refractivity contribution in [2.24, 2.45) is 0 Å². The molecular formula is C16H20N4O. The molecule has 0 N–H and O–H groups in total. The van der Waals surface area contributed by atoms with Gasteiger partial charge >= 0.3 is 0 Å². The smallest absolute Gasteiger partial charge is 0.237 e. The lowest BCUT2D eigenvalue weighted by Gasteiger charge is -2.34. The molecule has 1 aromatic carbocycles. The summed E-state index contributed by atoms with van der Waals surface area (Å²) in [5.74, 6) is 0.213. The largest absolute Gasteiger partial charge is 0.336 e. The molecule has 0 saturated carbocycles. The van der Waals surface area contributed by atoms with E-state index in [0.717, 1.165) is 26.2 Å². The molecule has 2 aromatic rings. The molecule has 1 fully saturated rings. The Bertz CT molecular complexity index is 567. The lowest BCUT2D eigenvalue weighted by atomic mass is 10.2. The maximum atomic E-state index is 12.2. The van der Waals surface area contributed by atoms with E-state index in [1.165, 1.54) is 5.56 Å². The monoisotopic (exact) mass is 284 g/mol. The van der Waals surface area contributed by atoms with Gasteiger partial charge in [0.05, 0.1) is 13.1 Å². The van der Waals surface area contributed by atoms with Crippen LogP contribution in [0.3, 0.4) is 0 Å². The van der Waals surface area contributed by atoms with E-state index in [-0.39, 0.29) is 5.91 Å². The highest BCUT2D eigenvalue weighted by atomic mass is 16.2. The van der Waals surface area contributed by atoms with Gasteiger partial charge in [-0.1, -0.05) is 30.3 Å². The van der Waals surface area contributed by atoms with Gasteiger partial charge in [0.1, 0.15) is 0 Å². The topological polar surface area (TPSA) is 41.4 Å². The average Bonchev–Trinajstić information content (AvgIpc) is 3.02. The first-order valence-corrected chi connectivity index (χ1v) is 7.33. The van der Waals surface area contributed by atoms with Gasteiger partial charge in [-0.3, -0.25) is 14.4 Å². The minimum Gasteiger partial charge on any atom is -0.336 e. The van der Waals surface area contributed by atoms with Gasteiger partial charge in [0.2, 0.25) is 5.91 Å². The predicted molar refractivity (Wildman–Crippen MR) is 80.5 cm³/mol. The molecule has 0 atom stereocenters. The highest BCUT2D eigenvalue weighted by Crippen LogP contribution is 2.09. The SMILES string of the molecule is O=C1CN(CCn2cccn2)CCN1Cc1ccccc1. The highest BCUT2D eigenvalue weighted by Gasteiger charge is 2.23. The first-order valence-electron chi connectivity index (χ1n) is 7.33. The number of rotatable bonds is 5. The summed E-state index contributed by atoms with van der Waals surface area (Å²) in [5, 5.41) is 4.19. The van der Waals surface area contributed by atoms with E-state index in [2.05, 4.69) is 22.1 Å². The summed E-state index contributed by atoms with van der Waals surface area (Å²) in [6, 6.07) is 12.1. The number of carbonyl (C=O) groups excluding carboxylic acids is 1. The third kappa shape index (κ3) is 3.70. The summed E-state index contributed by atoms with van der Waals surface area (Å²) in [6.45, 7) is 4.65. The van der Waals surface area contributed by atoms with E-state index in [0.29, 0.717) is 13.1 Å². The second-order valence-electron chi connectivity index (χ2n) is 5.35. The molecule has 5 heteroatoms. The zero-order chi connectivity index (χ0) is 14.5. The van der Waals surface area contributed by atoms with Crippen molar-refractivity contribution in [1.29, 1.82) is 0 Å². The van der Waals surface area contributed by atoms with Crippen molar-refractivity contribution in [1.82, 2.24) is 19.6 Å². The molecule has 1 aromatic heterocycles. The molecule has 21 heavy (non-hydrogen) atoms. The van der Waals surface area contributed by atoms with E-state index in [9.17, 15) is 4.79 Å². The molecule has 0 radical (unpaired) electrons. The lowest BCUT2D eigenvalue weighted by Crippen LogP contribution is -2.50. The maximum absolute atomic E-state index is 12.2. The third-order valence-electron chi connectivity index (χ3n) is 3.82. The van der Waals surface area contributed by atoms with E-state index >= 15 is 0 Å². The Balaban J connectivity index is 1.49. The average molecular weight is 284 g/mol. The predicted octanol–water partition coefficient (Wildman–Crippen LogP) is 1.23. The number of hydrogen-bond acceptors (Lipinski definition) is 3. The van der Waals surface area contributed by atoms with Gasteiger partial charge in [0.15, 0.2) is 0 Å². The summed E-state index contributed by atoms with van der Waals surface area (Å²) < 4.78 is 1.90. The van der Waals surface area contributed by atoms with Crippen LogP contribution < -0.4 is 0 Å². The van der Waals surface area contributed by atoms with Crippen LogP contribution in [0, 0.1) is 0 Å². The maximum Gasteiger partial charge on any atom is 0.237 e. The van der Waals surface area contributed by atoms with Crippen LogP contribution in [0.5, 0.6) is 0 Å². The van der Waals surface area contributed by atoms with Crippen LogP contribution in [0.1, 0.15) is 5.56 Å². The van der Waals surface area contributed by atoms with Gasteiger partial charge < -0.3 is 4.90 Å². The second kappa shape index (κ2) is 6.54. The molecule has 1 amide bonds. The van der Waals surface area contributed by atoms with Crippen LogP contribution in [-0.2, 0) is 17.9 Å². The molecular weight excluding hydrogens is 264 g/mol. The zero-order valence-corrected chi connectivity index (χ0v) is 12.1. The van der Waals surface area contributed by atoms with Crippen molar-refractivity contribution >= 4 is 5.91 Å². The Morgan fingerprint density at radius 3 is 2.62 bits per heavy atom. The summed E-state index contributed by atoms with van der Waals surface area (Å²) in [6.07, 6.45) is 3.73. The van der Waals surface area contributed by atoms with Crippen LogP contribution >= 0.6 is 0 Å². The molecule has 0 unspecified atom stereocenters. The standard InChI is InChI=1S/C16H20N4O/c21-16-14-18(10-12-20-8-4-7-17-20)9-11-19(16)13-15-5-2-1-3-6-15/h1-8H,9-14H2. The Hall–Kier alpha value is -2.14. The van der Waals surface area contributed by atoms with Gasteiger partial charge in [-0.25, -0.2) is 0 Å². The molecule has 110 valence electrons. The fourth-order valence-corrected chi connectivity index (χ4v) is 2.60. The van der Waals surface area contributed by atoms with Crippen LogP contribution in [0.25, 0.3) is 0 Å². The van der Waals surface area contributed by atoms with Gasteiger partial charge in [0, 0.05) is 38.6 Å². The fraction of sp³-hybridized carbons (Fsp3) is 0.375. The summed E-state index contributed by atoms with van der Waals surface area (Å²) in [4.78, 5) is 16.4. The normalized spacial score (nSPS) is 16.4. The molecule has 0 aliphatic carbocycles. The van der Waals surface area contributed by atoms with Crippen molar-refractivity contribution in [2.75, 3.05) is 26.2 Å². The van der Waals surface area contributed by atoms with E-state index in [1.54, 1.807) is 6.20 Å². The molecule has 1 aliphatic rings. The van der Waals surface area contributed by atoms with Crippen molar-refractivity contribution in [3.63, 3.8) is 0 Å². The number of benzene rings is 1. The van der Waals surface area contributed by atoms with E-state index in [1.807, 2.05) is 40.0 Å². The molecule has 3 rings (SSSR count). The number of carbonyl (C=O) groups is 1.